The molecule has 0 saturated heterocycles. The quantitative estimate of drug-likeness (QED) is 0.187. The summed E-state index contributed by atoms with van der Waals surface area (Å²) in [5, 5.41) is 14.0. The first kappa shape index (κ1) is 24.5. The maximum Gasteiger partial charge on any atom is 0.250 e. The van der Waals surface area contributed by atoms with Crippen LogP contribution in [0.3, 0.4) is 0 Å². The van der Waals surface area contributed by atoms with E-state index >= 15 is 0 Å². The van der Waals surface area contributed by atoms with Gasteiger partial charge in [-0.25, -0.2) is 5.43 Å². The summed E-state index contributed by atoms with van der Waals surface area (Å²) in [5.74, 6) is 1.28. The molecule has 0 spiro atoms. The van der Waals surface area contributed by atoms with E-state index in [9.17, 15) is 4.79 Å². The van der Waals surface area contributed by atoms with Crippen molar-refractivity contribution in [1.82, 2.24) is 20.2 Å². The van der Waals surface area contributed by atoms with Gasteiger partial charge in [0.2, 0.25) is 0 Å². The standard InChI is InChI=1S/C26H24ClN5O2S/c1-3-18-4-6-19(7-5-18)16-28-29-24(33)17-35-26-31-30-25(20-8-14-23(34-2)15-9-20)32(26)22-12-10-21(27)11-13-22/h4-16H,3,17H2,1-2H3,(H,29,33)/b28-16+. The molecule has 1 amide bonds. The second-order valence-corrected chi connectivity index (χ2v) is 8.90. The minimum Gasteiger partial charge on any atom is -0.497 e. The number of methoxy groups -OCH3 is 1. The van der Waals surface area contributed by atoms with Gasteiger partial charge in [-0.15, -0.1) is 10.2 Å². The van der Waals surface area contributed by atoms with Gasteiger partial charge < -0.3 is 4.74 Å². The lowest BCUT2D eigenvalue weighted by Crippen LogP contribution is -2.20. The van der Waals surface area contributed by atoms with Crippen LogP contribution in [-0.4, -0.2) is 39.7 Å². The number of ether oxygens (including phenoxy) is 1. The van der Waals surface area contributed by atoms with Gasteiger partial charge in [0.15, 0.2) is 11.0 Å². The summed E-state index contributed by atoms with van der Waals surface area (Å²) in [7, 11) is 1.62. The summed E-state index contributed by atoms with van der Waals surface area (Å²) in [5.41, 5.74) is 6.44. The Morgan fingerprint density at radius 2 is 1.77 bits per heavy atom. The van der Waals surface area contributed by atoms with Crippen LogP contribution in [-0.2, 0) is 11.2 Å². The zero-order chi connectivity index (χ0) is 24.6. The molecule has 3 aromatic carbocycles. The fourth-order valence-corrected chi connectivity index (χ4v) is 4.16. The Morgan fingerprint density at radius 1 is 1.06 bits per heavy atom. The third-order valence-electron chi connectivity index (χ3n) is 5.19. The van der Waals surface area contributed by atoms with Crippen LogP contribution >= 0.6 is 23.4 Å². The number of rotatable bonds is 9. The van der Waals surface area contributed by atoms with Crippen molar-refractivity contribution in [2.24, 2.45) is 5.10 Å². The number of carbonyl (C=O) groups excluding carboxylic acids is 1. The molecule has 9 heteroatoms. The molecule has 35 heavy (non-hydrogen) atoms. The predicted molar refractivity (Wildman–Crippen MR) is 141 cm³/mol. The van der Waals surface area contributed by atoms with Gasteiger partial charge >= 0.3 is 0 Å². The Bertz CT molecular complexity index is 1300. The summed E-state index contributed by atoms with van der Waals surface area (Å²) < 4.78 is 7.15. The predicted octanol–water partition coefficient (Wildman–Crippen LogP) is 5.40. The number of aromatic nitrogens is 3. The van der Waals surface area contributed by atoms with Crippen molar-refractivity contribution < 1.29 is 9.53 Å². The van der Waals surface area contributed by atoms with Crippen LogP contribution in [0.4, 0.5) is 0 Å². The van der Waals surface area contributed by atoms with E-state index in [0.29, 0.717) is 16.0 Å². The highest BCUT2D eigenvalue weighted by atomic mass is 35.5. The number of hydrogen-bond donors (Lipinski definition) is 1. The van der Waals surface area contributed by atoms with Crippen LogP contribution in [0.25, 0.3) is 17.1 Å². The van der Waals surface area contributed by atoms with Gasteiger partial charge in [0, 0.05) is 16.3 Å². The molecular formula is C26H24ClN5O2S. The number of amides is 1. The summed E-state index contributed by atoms with van der Waals surface area (Å²) in [6, 6.07) is 23.0. The van der Waals surface area contributed by atoms with Crippen molar-refractivity contribution in [3.63, 3.8) is 0 Å². The zero-order valence-corrected chi connectivity index (χ0v) is 20.9. The van der Waals surface area contributed by atoms with Crippen LogP contribution in [0.2, 0.25) is 5.02 Å². The maximum absolute atomic E-state index is 12.4. The molecule has 0 aliphatic heterocycles. The summed E-state index contributed by atoms with van der Waals surface area (Å²) in [6.07, 6.45) is 2.60. The van der Waals surface area contributed by atoms with Crippen molar-refractivity contribution in [3.05, 3.63) is 88.9 Å². The average molecular weight is 506 g/mol. The minimum absolute atomic E-state index is 0.125. The molecule has 0 radical (unpaired) electrons. The van der Waals surface area contributed by atoms with Crippen LogP contribution in [0.5, 0.6) is 5.75 Å². The first-order valence-corrected chi connectivity index (χ1v) is 12.3. The molecule has 4 aromatic rings. The number of thioether (sulfide) groups is 1. The third kappa shape index (κ3) is 6.29. The summed E-state index contributed by atoms with van der Waals surface area (Å²) in [6.45, 7) is 2.11. The summed E-state index contributed by atoms with van der Waals surface area (Å²) >= 11 is 7.36. The Hall–Kier alpha value is -3.62. The first-order valence-electron chi connectivity index (χ1n) is 11.0. The highest BCUT2D eigenvalue weighted by molar-refractivity contribution is 7.99. The molecule has 0 unspecified atom stereocenters. The fourth-order valence-electron chi connectivity index (χ4n) is 3.29. The number of hydrazone groups is 1. The minimum atomic E-state index is -0.243. The van der Waals surface area contributed by atoms with E-state index in [1.807, 2.05) is 65.2 Å². The van der Waals surface area contributed by atoms with Crippen molar-refractivity contribution >= 4 is 35.5 Å². The highest BCUT2D eigenvalue weighted by Gasteiger charge is 2.17. The van der Waals surface area contributed by atoms with Crippen molar-refractivity contribution in [3.8, 4) is 22.8 Å². The smallest absolute Gasteiger partial charge is 0.250 e. The molecule has 0 fully saturated rings. The van der Waals surface area contributed by atoms with Crippen LogP contribution in [0.1, 0.15) is 18.1 Å². The number of halogens is 1. The summed E-state index contributed by atoms with van der Waals surface area (Å²) in [4.78, 5) is 12.4. The monoisotopic (exact) mass is 505 g/mol. The molecule has 0 bridgehead atoms. The fraction of sp³-hybridized carbons (Fsp3) is 0.154. The van der Waals surface area contributed by atoms with Gasteiger partial charge in [0.25, 0.3) is 5.91 Å². The van der Waals surface area contributed by atoms with Crippen LogP contribution in [0.15, 0.2) is 83.1 Å². The van der Waals surface area contributed by atoms with E-state index in [1.54, 1.807) is 25.5 Å². The Morgan fingerprint density at radius 3 is 2.43 bits per heavy atom. The molecule has 178 valence electrons. The molecular weight excluding hydrogens is 482 g/mol. The lowest BCUT2D eigenvalue weighted by molar-refractivity contribution is -0.118. The van der Waals surface area contributed by atoms with Gasteiger partial charge in [-0.05, 0) is 66.1 Å². The van der Waals surface area contributed by atoms with Gasteiger partial charge in [0.1, 0.15) is 5.75 Å². The van der Waals surface area contributed by atoms with Crippen molar-refractivity contribution in [2.75, 3.05) is 12.9 Å². The lowest BCUT2D eigenvalue weighted by Gasteiger charge is -2.11. The van der Waals surface area contributed by atoms with Crippen LogP contribution < -0.4 is 10.2 Å². The number of hydrogen-bond acceptors (Lipinski definition) is 6. The maximum atomic E-state index is 12.4. The zero-order valence-electron chi connectivity index (χ0n) is 19.3. The van der Waals surface area contributed by atoms with Gasteiger partial charge in [0.05, 0.1) is 19.1 Å². The van der Waals surface area contributed by atoms with E-state index in [1.165, 1.54) is 17.3 Å². The van der Waals surface area contributed by atoms with Gasteiger partial charge in [-0.1, -0.05) is 54.6 Å². The Kier molecular flexibility index (Phi) is 8.18. The highest BCUT2D eigenvalue weighted by Crippen LogP contribution is 2.29. The second kappa shape index (κ2) is 11.7. The largest absolute Gasteiger partial charge is 0.497 e. The molecule has 7 nitrogen and oxygen atoms in total. The van der Waals surface area contributed by atoms with Crippen LogP contribution in [0, 0.1) is 0 Å². The second-order valence-electron chi connectivity index (χ2n) is 7.52. The molecule has 1 aromatic heterocycles. The van der Waals surface area contributed by atoms with E-state index < -0.39 is 0 Å². The third-order valence-corrected chi connectivity index (χ3v) is 6.37. The number of carbonyl (C=O) groups is 1. The number of nitrogens with one attached hydrogen (secondary N) is 1. The first-order chi connectivity index (χ1) is 17.1. The van der Waals surface area contributed by atoms with Crippen molar-refractivity contribution in [1.29, 1.82) is 0 Å². The van der Waals surface area contributed by atoms with E-state index in [2.05, 4.69) is 27.6 Å². The van der Waals surface area contributed by atoms with E-state index in [4.69, 9.17) is 16.3 Å². The Balaban J connectivity index is 1.49. The average Bonchev–Trinajstić information content (AvgIpc) is 3.32. The molecule has 1 heterocycles. The number of aryl methyl sites for hydroxylation is 1. The molecule has 1 N–H and O–H groups in total. The van der Waals surface area contributed by atoms with Crippen molar-refractivity contribution in [2.45, 2.75) is 18.5 Å². The van der Waals surface area contributed by atoms with E-state index in [-0.39, 0.29) is 11.7 Å². The van der Waals surface area contributed by atoms with Gasteiger partial charge in [-0.2, -0.15) is 5.10 Å². The Labute approximate surface area is 213 Å². The van der Waals surface area contributed by atoms with E-state index in [0.717, 1.165) is 29.0 Å². The normalized spacial score (nSPS) is 11.1. The van der Waals surface area contributed by atoms with Gasteiger partial charge in [-0.3, -0.25) is 9.36 Å². The molecule has 0 saturated carbocycles. The number of nitrogens with zero attached hydrogens (tertiary/aromatic N) is 4. The molecule has 4 rings (SSSR count). The lowest BCUT2D eigenvalue weighted by atomic mass is 10.1. The topological polar surface area (TPSA) is 81.4 Å². The molecule has 0 atom stereocenters. The molecule has 0 aliphatic rings. The molecule has 0 aliphatic carbocycles. The SMILES string of the molecule is CCc1ccc(/C=N/NC(=O)CSc2nnc(-c3ccc(OC)cc3)n2-c2ccc(Cl)cc2)cc1. The number of benzene rings is 3.